The molecule has 0 aliphatic carbocycles. The van der Waals surface area contributed by atoms with Gasteiger partial charge in [-0.25, -0.2) is 12.8 Å². The highest BCUT2D eigenvalue weighted by Crippen LogP contribution is 2.41. The molecular formula is C28H28ClFN4O5S. The molecule has 2 aliphatic heterocycles. The first-order valence-corrected chi connectivity index (χ1v) is 14.7. The fourth-order valence-corrected chi connectivity index (χ4v) is 5.65. The monoisotopic (exact) mass is 586 g/mol. The maximum absolute atomic E-state index is 15.5. The number of halogens is 2. The van der Waals surface area contributed by atoms with E-state index in [1.807, 2.05) is 19.0 Å². The van der Waals surface area contributed by atoms with Crippen LogP contribution in [0.4, 0.5) is 21.5 Å². The minimum absolute atomic E-state index is 0.0676. The van der Waals surface area contributed by atoms with E-state index in [0.717, 1.165) is 10.6 Å². The summed E-state index contributed by atoms with van der Waals surface area (Å²) in [5.74, 6) is 0.00318. The van der Waals surface area contributed by atoms with Crippen molar-refractivity contribution in [3.05, 3.63) is 76.6 Å². The molecule has 0 aromatic heterocycles. The highest BCUT2D eigenvalue weighted by atomic mass is 35.5. The van der Waals surface area contributed by atoms with Crippen LogP contribution < -0.4 is 24.4 Å². The van der Waals surface area contributed by atoms with Gasteiger partial charge in [0, 0.05) is 34.9 Å². The maximum atomic E-state index is 15.5. The lowest BCUT2D eigenvalue weighted by Crippen LogP contribution is -2.36. The van der Waals surface area contributed by atoms with Crippen LogP contribution in [0.5, 0.6) is 11.5 Å². The molecule has 2 heterocycles. The van der Waals surface area contributed by atoms with Crippen molar-refractivity contribution in [2.24, 2.45) is 0 Å². The first-order chi connectivity index (χ1) is 19.0. The summed E-state index contributed by atoms with van der Waals surface area (Å²) in [4.78, 5) is 15.0. The number of hydrogen-bond donors (Lipinski definition) is 2. The van der Waals surface area contributed by atoms with Crippen LogP contribution in [-0.4, -0.2) is 65.9 Å². The van der Waals surface area contributed by atoms with Gasteiger partial charge in [-0.1, -0.05) is 17.7 Å². The average molecular weight is 587 g/mol. The molecule has 0 saturated carbocycles. The van der Waals surface area contributed by atoms with E-state index in [9.17, 15) is 13.2 Å². The van der Waals surface area contributed by atoms with Gasteiger partial charge in [0.05, 0.1) is 28.9 Å². The minimum atomic E-state index is -3.73. The number of nitrogens with zero attached hydrogens (tertiary/aromatic N) is 2. The first-order valence-electron chi connectivity index (χ1n) is 12.5. The number of amides is 1. The summed E-state index contributed by atoms with van der Waals surface area (Å²) in [6.07, 6.45) is 1.04. The number of fused-ring (bicyclic) bond motifs is 2. The van der Waals surface area contributed by atoms with Crippen LogP contribution in [0.1, 0.15) is 11.1 Å². The summed E-state index contributed by atoms with van der Waals surface area (Å²) in [5.41, 5.74) is 2.75. The number of likely N-dealkylation sites (N-methyl/N-ethyl adjacent to an activating group) is 1. The van der Waals surface area contributed by atoms with E-state index in [4.69, 9.17) is 21.1 Å². The molecule has 1 amide bonds. The lowest BCUT2D eigenvalue weighted by Gasteiger charge is -2.25. The van der Waals surface area contributed by atoms with Gasteiger partial charge in [-0.05, 0) is 62.6 Å². The molecule has 0 radical (unpaired) electrons. The molecule has 210 valence electrons. The molecular weight excluding hydrogens is 559 g/mol. The van der Waals surface area contributed by atoms with Crippen molar-refractivity contribution in [2.45, 2.75) is 0 Å². The summed E-state index contributed by atoms with van der Waals surface area (Å²) in [6, 6.07) is 14.5. The lowest BCUT2D eigenvalue weighted by atomic mass is 9.99. The zero-order valence-corrected chi connectivity index (χ0v) is 23.7. The van der Waals surface area contributed by atoms with Gasteiger partial charge < -0.3 is 25.0 Å². The Morgan fingerprint density at radius 2 is 1.77 bits per heavy atom. The number of sulfonamides is 1. The third-order valence-electron chi connectivity index (χ3n) is 6.44. The van der Waals surface area contributed by atoms with E-state index in [2.05, 4.69) is 10.6 Å². The van der Waals surface area contributed by atoms with Crippen LogP contribution in [-0.2, 0) is 14.8 Å². The molecule has 9 nitrogen and oxygen atoms in total. The molecule has 2 aliphatic rings. The Bertz CT molecular complexity index is 1630. The summed E-state index contributed by atoms with van der Waals surface area (Å²) in [5, 5.41) is 6.50. The topological polar surface area (TPSA) is 100 Å². The van der Waals surface area contributed by atoms with E-state index in [1.165, 1.54) is 12.1 Å². The molecule has 0 bridgehead atoms. The quantitative estimate of drug-likeness (QED) is 0.375. The predicted octanol–water partition coefficient (Wildman–Crippen LogP) is 4.51. The van der Waals surface area contributed by atoms with Crippen LogP contribution in [0.25, 0.3) is 11.3 Å². The predicted molar refractivity (Wildman–Crippen MR) is 155 cm³/mol. The lowest BCUT2D eigenvalue weighted by molar-refractivity contribution is -0.110. The van der Waals surface area contributed by atoms with Gasteiger partial charge in [-0.15, -0.1) is 0 Å². The SMILES string of the molecule is CN(C)CCN(c1ccc(NC(=C2C(=O)Nc3cc(Cl)ccc32)c2ccc3c(c2)OCCO3)cc1F)S(C)(=O)=O. The second kappa shape index (κ2) is 11.0. The number of nitrogens with one attached hydrogen (secondary N) is 2. The molecule has 2 N–H and O–H groups in total. The van der Waals surface area contributed by atoms with Gasteiger partial charge in [0.2, 0.25) is 10.0 Å². The standard InChI is InChI=1S/C28H28ClFN4O5S/c1-33(2)10-11-34(40(3,36)37)23-8-6-19(16-21(23)30)31-27(17-4-9-24-25(14-17)39-13-12-38-24)26-20-7-5-18(29)15-22(20)32-28(26)35/h4-9,14-16,31H,10-13H2,1-3H3,(H,32,35). The van der Waals surface area contributed by atoms with Crippen molar-refractivity contribution in [3.8, 4) is 11.5 Å². The van der Waals surface area contributed by atoms with Crippen LogP contribution in [0, 0.1) is 5.82 Å². The van der Waals surface area contributed by atoms with Crippen LogP contribution in [0.2, 0.25) is 5.02 Å². The third-order valence-corrected chi connectivity index (χ3v) is 7.86. The van der Waals surface area contributed by atoms with Crippen molar-refractivity contribution < 1.29 is 27.1 Å². The highest BCUT2D eigenvalue weighted by molar-refractivity contribution is 7.92. The molecule has 0 atom stereocenters. The zero-order valence-electron chi connectivity index (χ0n) is 22.1. The molecule has 0 fully saturated rings. The fourth-order valence-electron chi connectivity index (χ4n) is 4.56. The molecule has 5 rings (SSSR count). The van der Waals surface area contributed by atoms with E-state index in [1.54, 1.807) is 42.5 Å². The number of anilines is 3. The van der Waals surface area contributed by atoms with Gasteiger partial charge in [0.15, 0.2) is 11.5 Å². The maximum Gasteiger partial charge on any atom is 0.258 e. The molecule has 3 aromatic carbocycles. The van der Waals surface area contributed by atoms with Crippen LogP contribution >= 0.6 is 11.6 Å². The smallest absolute Gasteiger partial charge is 0.258 e. The van der Waals surface area contributed by atoms with Crippen molar-refractivity contribution in [2.75, 3.05) is 61.6 Å². The zero-order chi connectivity index (χ0) is 28.6. The highest BCUT2D eigenvalue weighted by Gasteiger charge is 2.30. The van der Waals surface area contributed by atoms with Gasteiger partial charge in [0.1, 0.15) is 19.0 Å². The molecule has 3 aromatic rings. The van der Waals surface area contributed by atoms with E-state index < -0.39 is 15.8 Å². The van der Waals surface area contributed by atoms with Gasteiger partial charge in [-0.3, -0.25) is 9.10 Å². The molecule has 0 spiro atoms. The van der Waals surface area contributed by atoms with Crippen LogP contribution in [0.3, 0.4) is 0 Å². The Hall–Kier alpha value is -3.80. The van der Waals surface area contributed by atoms with Gasteiger partial charge >= 0.3 is 0 Å². The van der Waals surface area contributed by atoms with Crippen LogP contribution in [0.15, 0.2) is 54.6 Å². The third kappa shape index (κ3) is 5.72. The number of carbonyl (C=O) groups is 1. The Morgan fingerprint density at radius 3 is 2.48 bits per heavy atom. The van der Waals surface area contributed by atoms with Gasteiger partial charge in [-0.2, -0.15) is 0 Å². The Labute approximate surface area is 237 Å². The minimum Gasteiger partial charge on any atom is -0.486 e. The second-order valence-corrected chi connectivity index (χ2v) is 12.0. The van der Waals surface area contributed by atoms with E-state index >= 15 is 4.39 Å². The Balaban J connectivity index is 1.59. The number of hydrogen-bond acceptors (Lipinski definition) is 7. The summed E-state index contributed by atoms with van der Waals surface area (Å²) in [7, 11) is -0.119. The molecule has 0 unspecified atom stereocenters. The summed E-state index contributed by atoms with van der Waals surface area (Å²) in [6.45, 7) is 1.31. The van der Waals surface area contributed by atoms with Crippen molar-refractivity contribution in [1.29, 1.82) is 0 Å². The largest absolute Gasteiger partial charge is 0.486 e. The second-order valence-electron chi connectivity index (χ2n) is 9.68. The van der Waals surface area contributed by atoms with Gasteiger partial charge in [0.25, 0.3) is 5.91 Å². The number of carbonyl (C=O) groups excluding carboxylic acids is 1. The van der Waals surface area contributed by atoms with E-state index in [0.29, 0.717) is 70.1 Å². The molecule has 0 saturated heterocycles. The first kappa shape index (κ1) is 27.8. The molecule has 12 heteroatoms. The number of rotatable bonds is 8. The summed E-state index contributed by atoms with van der Waals surface area (Å²) >= 11 is 6.15. The number of ether oxygens (including phenoxy) is 2. The molecule has 40 heavy (non-hydrogen) atoms. The summed E-state index contributed by atoms with van der Waals surface area (Å²) < 4.78 is 52.8. The normalized spacial score (nSPS) is 15.5. The number of benzene rings is 3. The Kier molecular flexibility index (Phi) is 7.63. The van der Waals surface area contributed by atoms with Crippen molar-refractivity contribution in [1.82, 2.24) is 4.90 Å². The van der Waals surface area contributed by atoms with Crippen molar-refractivity contribution >= 4 is 55.9 Å². The average Bonchev–Trinajstić information content (AvgIpc) is 3.21. The van der Waals surface area contributed by atoms with Crippen molar-refractivity contribution in [3.63, 3.8) is 0 Å². The van der Waals surface area contributed by atoms with E-state index in [-0.39, 0.29) is 18.1 Å². The fraction of sp³-hybridized carbons (Fsp3) is 0.250. The Morgan fingerprint density at radius 1 is 1.02 bits per heavy atom.